The van der Waals surface area contributed by atoms with Crippen LogP contribution < -0.4 is 26.6 Å². The lowest BCUT2D eigenvalue weighted by Crippen LogP contribution is -2.57. The molecule has 1 saturated heterocycles. The largest absolute Gasteiger partial charge is 0.371 e. The standard InChI is InChI=1S/C19H20Cl2N4.C17H20N4S/c20-14-9-16-17(10-15(14)21)25-19(6-2-1-3-7-19)18(24-16)23-12-13-5-4-8-22-11-13;1-2-6-15-14(5-1)20-16(19-12-13-4-3-11-22-13)17(21-15)7-9-18-10-8-17/h4-5,8-11,25H,1-3,6-7,12H2,(H,23,24);1-6,11,18,21H,7-10,12H2,(H,19,20). The zero-order valence-electron chi connectivity index (χ0n) is 26.3. The summed E-state index contributed by atoms with van der Waals surface area (Å²) in [5.41, 5.74) is 5.12. The molecule has 2 aromatic heterocycles. The highest BCUT2D eigenvalue weighted by atomic mass is 35.5. The topological polar surface area (TPSA) is 97.8 Å². The van der Waals surface area contributed by atoms with Gasteiger partial charge in [-0.1, -0.05) is 66.7 Å². The average Bonchev–Trinajstić information content (AvgIpc) is 3.63. The zero-order chi connectivity index (χ0) is 32.1. The number of rotatable bonds is 4. The lowest BCUT2D eigenvalue weighted by molar-refractivity contribution is 0.403. The minimum Gasteiger partial charge on any atom is -0.371 e. The molecule has 3 aliphatic heterocycles. The van der Waals surface area contributed by atoms with Crippen LogP contribution in [0.1, 0.15) is 55.4 Å². The van der Waals surface area contributed by atoms with Gasteiger partial charge in [-0.2, -0.15) is 0 Å². The summed E-state index contributed by atoms with van der Waals surface area (Å²) < 4.78 is 0. The van der Waals surface area contributed by atoms with Crippen LogP contribution in [-0.4, -0.2) is 40.8 Å². The van der Waals surface area contributed by atoms with Gasteiger partial charge >= 0.3 is 0 Å². The highest BCUT2D eigenvalue weighted by molar-refractivity contribution is 7.09. The van der Waals surface area contributed by atoms with Gasteiger partial charge in [-0.25, -0.2) is 0 Å². The van der Waals surface area contributed by atoms with Crippen LogP contribution in [0.5, 0.6) is 0 Å². The van der Waals surface area contributed by atoms with Crippen LogP contribution >= 0.6 is 34.5 Å². The molecule has 4 aromatic rings. The van der Waals surface area contributed by atoms with Gasteiger partial charge in [0.05, 0.1) is 57.0 Å². The van der Waals surface area contributed by atoms with Crippen molar-refractivity contribution in [2.45, 2.75) is 69.1 Å². The summed E-state index contributed by atoms with van der Waals surface area (Å²) in [4.78, 5) is 15.3. The van der Waals surface area contributed by atoms with E-state index in [1.807, 2.05) is 30.5 Å². The van der Waals surface area contributed by atoms with E-state index < -0.39 is 0 Å². The molecule has 2 spiro atoms. The molecule has 2 aromatic carbocycles. The number of hydrogen-bond acceptors (Lipinski definition) is 7. The number of amidine groups is 2. The van der Waals surface area contributed by atoms with E-state index in [-0.39, 0.29) is 11.1 Å². The van der Waals surface area contributed by atoms with Gasteiger partial charge < -0.3 is 26.6 Å². The fraction of sp³-hybridized carbons (Fsp3) is 0.361. The third kappa shape index (κ3) is 7.14. The van der Waals surface area contributed by atoms with Crippen molar-refractivity contribution in [3.05, 3.63) is 98.9 Å². The molecule has 11 heteroatoms. The maximum absolute atomic E-state index is 6.21. The fourth-order valence-corrected chi connectivity index (χ4v) is 7.87. The Hall–Kier alpha value is -3.63. The monoisotopic (exact) mass is 686 g/mol. The third-order valence-electron chi connectivity index (χ3n) is 9.43. The third-order valence-corrected chi connectivity index (χ3v) is 11.0. The number of anilines is 4. The average molecular weight is 688 g/mol. The second kappa shape index (κ2) is 14.2. The molecular formula is C36H40Cl2N8S. The van der Waals surface area contributed by atoms with Gasteiger partial charge in [-0.05, 0) is 86.1 Å². The molecule has 2 fully saturated rings. The van der Waals surface area contributed by atoms with Crippen molar-refractivity contribution in [2.75, 3.05) is 34.4 Å². The maximum Gasteiger partial charge on any atom is 0.127 e. The van der Waals surface area contributed by atoms with E-state index in [0.717, 1.165) is 79.6 Å². The Morgan fingerprint density at radius 1 is 0.702 bits per heavy atom. The van der Waals surface area contributed by atoms with Crippen LogP contribution in [0.3, 0.4) is 0 Å². The number of para-hydroxylation sites is 2. The van der Waals surface area contributed by atoms with E-state index in [1.54, 1.807) is 17.5 Å². The first kappa shape index (κ1) is 31.9. The van der Waals surface area contributed by atoms with Gasteiger partial charge in [0.25, 0.3) is 0 Å². The van der Waals surface area contributed by atoms with Crippen molar-refractivity contribution < 1.29 is 0 Å². The highest BCUT2D eigenvalue weighted by Gasteiger charge is 2.42. The van der Waals surface area contributed by atoms with Crippen LogP contribution in [0.2, 0.25) is 10.0 Å². The van der Waals surface area contributed by atoms with Crippen molar-refractivity contribution in [3.8, 4) is 0 Å². The molecule has 4 aliphatic rings. The maximum atomic E-state index is 6.21. The number of halogens is 2. The van der Waals surface area contributed by atoms with Gasteiger partial charge in [0.2, 0.25) is 0 Å². The number of thiophene rings is 1. The Labute approximate surface area is 290 Å². The highest BCUT2D eigenvalue weighted by Crippen LogP contribution is 2.42. The molecule has 5 heterocycles. The molecule has 0 radical (unpaired) electrons. The minimum atomic E-state index is -0.148. The van der Waals surface area contributed by atoms with E-state index in [1.165, 1.54) is 29.8 Å². The van der Waals surface area contributed by atoms with E-state index in [4.69, 9.17) is 33.2 Å². The van der Waals surface area contributed by atoms with E-state index in [2.05, 4.69) is 73.3 Å². The van der Waals surface area contributed by atoms with E-state index in [0.29, 0.717) is 16.6 Å². The van der Waals surface area contributed by atoms with Gasteiger partial charge in [0.15, 0.2) is 0 Å². The first-order valence-electron chi connectivity index (χ1n) is 16.4. The van der Waals surface area contributed by atoms with Gasteiger partial charge in [-0.15, -0.1) is 11.3 Å². The SMILES string of the molecule is Clc1cc2c(cc1Cl)NC1(CCCCC1)C(=NCc1cccnc1)N2.c1csc(CN=C2Nc3ccccc3NC23CCNCC3)c1. The number of aromatic nitrogens is 1. The van der Waals surface area contributed by atoms with Gasteiger partial charge in [-0.3, -0.25) is 15.0 Å². The molecule has 47 heavy (non-hydrogen) atoms. The van der Waals surface area contributed by atoms with Crippen LogP contribution in [-0.2, 0) is 13.1 Å². The number of nitrogens with one attached hydrogen (secondary N) is 5. The quantitative estimate of drug-likeness (QED) is 0.147. The number of nitrogens with zero attached hydrogens (tertiary/aromatic N) is 3. The number of hydrogen-bond donors (Lipinski definition) is 5. The van der Waals surface area contributed by atoms with Crippen molar-refractivity contribution in [3.63, 3.8) is 0 Å². The normalized spacial score (nSPS) is 20.6. The predicted molar refractivity (Wildman–Crippen MR) is 199 cm³/mol. The minimum absolute atomic E-state index is 0.0587. The summed E-state index contributed by atoms with van der Waals surface area (Å²) in [5, 5.41) is 21.2. The lowest BCUT2D eigenvalue weighted by atomic mass is 9.79. The Morgan fingerprint density at radius 3 is 2.11 bits per heavy atom. The summed E-state index contributed by atoms with van der Waals surface area (Å²) in [6.45, 7) is 3.40. The number of benzene rings is 2. The van der Waals surface area contributed by atoms with Crippen LogP contribution in [0.25, 0.3) is 0 Å². The van der Waals surface area contributed by atoms with Crippen molar-refractivity contribution in [1.82, 2.24) is 10.3 Å². The summed E-state index contributed by atoms with van der Waals surface area (Å²) in [6.07, 6.45) is 11.5. The van der Waals surface area contributed by atoms with Crippen molar-refractivity contribution in [1.29, 1.82) is 0 Å². The molecule has 244 valence electrons. The van der Waals surface area contributed by atoms with E-state index in [9.17, 15) is 0 Å². The number of pyridine rings is 1. The summed E-state index contributed by atoms with van der Waals surface area (Å²) in [7, 11) is 0. The summed E-state index contributed by atoms with van der Waals surface area (Å²) in [6, 6.07) is 20.4. The van der Waals surface area contributed by atoms with Crippen LogP contribution in [0.4, 0.5) is 22.7 Å². The van der Waals surface area contributed by atoms with Crippen LogP contribution in [0, 0.1) is 0 Å². The molecule has 0 unspecified atom stereocenters. The van der Waals surface area contributed by atoms with Crippen LogP contribution in [0.15, 0.2) is 88.4 Å². The molecule has 0 bridgehead atoms. The number of fused-ring (bicyclic) bond motifs is 2. The van der Waals surface area contributed by atoms with E-state index >= 15 is 0 Å². The Morgan fingerprint density at radius 2 is 1.38 bits per heavy atom. The molecular weight excluding hydrogens is 647 g/mol. The molecule has 0 amide bonds. The number of piperidine rings is 1. The molecule has 0 atom stereocenters. The summed E-state index contributed by atoms with van der Waals surface area (Å²) in [5.74, 6) is 2.07. The molecule has 5 N–H and O–H groups in total. The Kier molecular flexibility index (Phi) is 9.68. The lowest BCUT2D eigenvalue weighted by Gasteiger charge is -2.44. The zero-order valence-corrected chi connectivity index (χ0v) is 28.6. The van der Waals surface area contributed by atoms with Gasteiger partial charge in [0, 0.05) is 17.3 Å². The second-order valence-electron chi connectivity index (χ2n) is 12.6. The first-order valence-corrected chi connectivity index (χ1v) is 18.1. The second-order valence-corrected chi connectivity index (χ2v) is 14.4. The molecule has 1 saturated carbocycles. The van der Waals surface area contributed by atoms with Crippen molar-refractivity contribution >= 4 is 69.0 Å². The predicted octanol–water partition coefficient (Wildman–Crippen LogP) is 8.83. The summed E-state index contributed by atoms with van der Waals surface area (Å²) >= 11 is 14.2. The van der Waals surface area contributed by atoms with Crippen molar-refractivity contribution in [2.24, 2.45) is 9.98 Å². The number of aliphatic imine (C=N–C) groups is 2. The first-order chi connectivity index (χ1) is 23.0. The Bertz CT molecular complexity index is 1730. The fourth-order valence-electron chi connectivity index (χ4n) is 6.92. The smallest absolute Gasteiger partial charge is 0.127 e. The van der Waals surface area contributed by atoms with Gasteiger partial charge in [0.1, 0.15) is 11.7 Å². The molecule has 8 nitrogen and oxygen atoms in total. The molecule has 1 aliphatic carbocycles. The Balaban J connectivity index is 0.000000151. The molecule has 8 rings (SSSR count).